The molecule has 0 aliphatic carbocycles. The topological polar surface area (TPSA) is 26.3 Å². The predicted octanol–water partition coefficient (Wildman–Crippen LogP) is 3.95. The van der Waals surface area contributed by atoms with Crippen LogP contribution in [0.2, 0.25) is 0 Å². The van der Waals surface area contributed by atoms with E-state index in [4.69, 9.17) is 8.83 Å². The third kappa shape index (κ3) is 5.40. The van der Waals surface area contributed by atoms with Gasteiger partial charge in [0.1, 0.15) is 0 Å². The van der Waals surface area contributed by atoms with Gasteiger partial charge in [-0.1, -0.05) is 94.7 Å². The molecule has 0 aliphatic heterocycles. The van der Waals surface area contributed by atoms with E-state index in [1.54, 1.807) is 12.5 Å². The number of hydrogen-bond acceptors (Lipinski definition) is 2. The summed E-state index contributed by atoms with van der Waals surface area (Å²) in [5, 5.41) is 10.3. The van der Waals surface area contributed by atoms with Crippen molar-refractivity contribution in [1.82, 2.24) is 0 Å². The van der Waals surface area contributed by atoms with Gasteiger partial charge in [-0.05, 0) is 22.9 Å². The molecule has 0 spiro atoms. The van der Waals surface area contributed by atoms with Crippen molar-refractivity contribution >= 4 is 43.1 Å². The average molecular weight is 625 g/mol. The summed E-state index contributed by atoms with van der Waals surface area (Å²) in [5.74, 6) is 1.85. The molecule has 0 saturated heterocycles. The van der Waals surface area contributed by atoms with Crippen LogP contribution in [0.3, 0.4) is 0 Å². The summed E-state index contributed by atoms with van der Waals surface area (Å²) >= 11 is 0. The molecule has 188 valence electrons. The Morgan fingerprint density at radius 1 is 0.436 bits per heavy atom. The zero-order valence-electron chi connectivity index (χ0n) is 20.8. The van der Waals surface area contributed by atoms with E-state index < -0.39 is 0 Å². The van der Waals surface area contributed by atoms with Crippen LogP contribution in [0.25, 0.3) is 65.7 Å². The molecule has 0 bridgehead atoms. The summed E-state index contributed by atoms with van der Waals surface area (Å²) < 4.78 is 10.9. The molecule has 0 N–H and O–H groups in total. The standard InChI is InChI=1S/2C17H11O.2ClH.Zr/c2*1-2-5-15-12(4-1)7-8-13-10-14(11-16(13)15)17-6-3-9-18-17;;;/h2*1-11H;2*1H;/q2*-1;;;+4/p-2. The minimum Gasteiger partial charge on any atom is -1.00 e. The minimum absolute atomic E-state index is 0. The smallest absolute Gasteiger partial charge is 1.00 e. The zero-order chi connectivity index (χ0) is 23.9. The summed E-state index contributed by atoms with van der Waals surface area (Å²) in [7, 11) is 0. The third-order valence-electron chi connectivity index (χ3n) is 6.84. The SMILES string of the molecule is [Cl-].[Cl-].[Zr+4].c1coc(-c2cc3c(ccc4ccccc43)[cH-]2)c1.c1coc(-c2cc3c(ccc4ccccc43)[cH-]2)c1. The molecular formula is C34H22Cl2O2Zr. The molecular weight excluding hydrogens is 603 g/mol. The largest absolute Gasteiger partial charge is 4.00 e. The monoisotopic (exact) mass is 622 g/mol. The van der Waals surface area contributed by atoms with Crippen molar-refractivity contribution in [3.63, 3.8) is 0 Å². The van der Waals surface area contributed by atoms with E-state index in [9.17, 15) is 0 Å². The van der Waals surface area contributed by atoms with Crippen LogP contribution in [-0.2, 0) is 26.2 Å². The summed E-state index contributed by atoms with van der Waals surface area (Å²) in [5.41, 5.74) is 2.29. The Kier molecular flexibility index (Phi) is 8.98. The van der Waals surface area contributed by atoms with Crippen LogP contribution in [0.4, 0.5) is 0 Å². The Balaban J connectivity index is 0.000000168. The van der Waals surface area contributed by atoms with E-state index in [0.717, 1.165) is 22.6 Å². The number of fused-ring (bicyclic) bond motifs is 6. The second-order valence-electron chi connectivity index (χ2n) is 9.02. The predicted molar refractivity (Wildman–Crippen MR) is 149 cm³/mol. The van der Waals surface area contributed by atoms with Crippen LogP contribution in [0.1, 0.15) is 0 Å². The Hall–Kier alpha value is -3.36. The van der Waals surface area contributed by atoms with Crippen molar-refractivity contribution in [2.24, 2.45) is 0 Å². The van der Waals surface area contributed by atoms with Crippen molar-refractivity contribution in [1.29, 1.82) is 0 Å². The molecule has 2 nitrogen and oxygen atoms in total. The molecule has 8 rings (SSSR count). The molecule has 0 fully saturated rings. The summed E-state index contributed by atoms with van der Waals surface area (Å²) in [4.78, 5) is 0. The van der Waals surface area contributed by atoms with Crippen LogP contribution in [0, 0.1) is 0 Å². The Morgan fingerprint density at radius 3 is 1.28 bits per heavy atom. The number of benzene rings is 4. The van der Waals surface area contributed by atoms with Gasteiger partial charge in [0.25, 0.3) is 0 Å². The molecule has 8 aromatic rings. The minimum atomic E-state index is 0. The number of furan rings is 2. The van der Waals surface area contributed by atoms with Crippen molar-refractivity contribution in [2.75, 3.05) is 0 Å². The maximum absolute atomic E-state index is 5.46. The first-order chi connectivity index (χ1) is 17.8. The fraction of sp³-hybridized carbons (Fsp3) is 0. The second-order valence-corrected chi connectivity index (χ2v) is 9.02. The van der Waals surface area contributed by atoms with Crippen molar-refractivity contribution in [3.8, 4) is 22.6 Å². The second kappa shape index (κ2) is 12.2. The average Bonchev–Trinajstić information content (AvgIpc) is 3.74. The van der Waals surface area contributed by atoms with E-state index in [0.29, 0.717) is 0 Å². The Bertz CT molecular complexity index is 1800. The van der Waals surface area contributed by atoms with E-state index in [1.807, 2.05) is 24.3 Å². The van der Waals surface area contributed by atoms with Crippen molar-refractivity contribution in [3.05, 3.63) is 134 Å². The summed E-state index contributed by atoms with van der Waals surface area (Å²) in [6, 6.07) is 42.2. The quantitative estimate of drug-likeness (QED) is 0.273. The first kappa shape index (κ1) is 28.6. The van der Waals surface area contributed by atoms with E-state index in [2.05, 4.69) is 97.1 Å². The Labute approximate surface area is 257 Å². The van der Waals surface area contributed by atoms with Gasteiger partial charge in [0.05, 0.1) is 24.0 Å². The maximum Gasteiger partial charge on any atom is 4.00 e. The van der Waals surface area contributed by atoms with Crippen LogP contribution in [0.5, 0.6) is 0 Å². The van der Waals surface area contributed by atoms with E-state index in [1.165, 1.54) is 43.1 Å². The van der Waals surface area contributed by atoms with Gasteiger partial charge in [0.2, 0.25) is 0 Å². The van der Waals surface area contributed by atoms with Crippen molar-refractivity contribution < 1.29 is 59.9 Å². The number of hydrogen-bond donors (Lipinski definition) is 0. The van der Waals surface area contributed by atoms with Gasteiger partial charge in [-0.15, -0.1) is 57.9 Å². The normalized spacial score (nSPS) is 10.5. The molecule has 0 saturated carbocycles. The van der Waals surface area contributed by atoms with Crippen LogP contribution >= 0.6 is 0 Å². The zero-order valence-corrected chi connectivity index (χ0v) is 24.7. The van der Waals surface area contributed by atoms with Gasteiger partial charge >= 0.3 is 26.2 Å². The molecule has 5 heteroatoms. The fourth-order valence-corrected chi connectivity index (χ4v) is 5.10. The van der Waals surface area contributed by atoms with E-state index in [-0.39, 0.29) is 51.0 Å². The number of halogens is 2. The van der Waals surface area contributed by atoms with Crippen molar-refractivity contribution in [2.45, 2.75) is 0 Å². The van der Waals surface area contributed by atoms with Gasteiger partial charge in [-0.25, -0.2) is 0 Å². The third-order valence-corrected chi connectivity index (χ3v) is 6.84. The van der Waals surface area contributed by atoms with Gasteiger partial charge in [0.15, 0.2) is 0 Å². The molecule has 2 heterocycles. The molecule has 6 aromatic carbocycles. The first-order valence-electron chi connectivity index (χ1n) is 12.1. The molecule has 39 heavy (non-hydrogen) atoms. The van der Waals surface area contributed by atoms with Gasteiger partial charge < -0.3 is 33.6 Å². The molecule has 0 unspecified atom stereocenters. The molecule has 2 aromatic heterocycles. The first-order valence-corrected chi connectivity index (χ1v) is 12.1. The Morgan fingerprint density at radius 2 is 0.872 bits per heavy atom. The van der Waals surface area contributed by atoms with Crippen LogP contribution < -0.4 is 24.8 Å². The molecule has 0 aliphatic rings. The van der Waals surface area contributed by atoms with Crippen LogP contribution in [0.15, 0.2) is 143 Å². The summed E-state index contributed by atoms with van der Waals surface area (Å²) in [6.45, 7) is 0. The van der Waals surface area contributed by atoms with Gasteiger partial charge in [0, 0.05) is 0 Å². The van der Waals surface area contributed by atoms with Gasteiger partial charge in [-0.3, -0.25) is 0 Å². The maximum atomic E-state index is 5.46. The molecule has 0 radical (unpaired) electrons. The summed E-state index contributed by atoms with van der Waals surface area (Å²) in [6.07, 6.45) is 3.43. The van der Waals surface area contributed by atoms with E-state index >= 15 is 0 Å². The number of rotatable bonds is 2. The van der Waals surface area contributed by atoms with Gasteiger partial charge in [-0.2, -0.15) is 0 Å². The molecule has 0 amide bonds. The fourth-order valence-electron chi connectivity index (χ4n) is 5.10. The van der Waals surface area contributed by atoms with Crippen LogP contribution in [-0.4, -0.2) is 0 Å². The molecule has 0 atom stereocenters.